The zero-order chi connectivity index (χ0) is 16.8. The highest BCUT2D eigenvalue weighted by atomic mass is 16.4. The molecule has 2 aromatic carbocycles. The Hall–Kier alpha value is -3.35. The van der Waals surface area contributed by atoms with Gasteiger partial charge in [0.25, 0.3) is 0 Å². The van der Waals surface area contributed by atoms with Gasteiger partial charge in [0.2, 0.25) is 0 Å². The number of H-pyrrole nitrogens is 2. The van der Waals surface area contributed by atoms with Gasteiger partial charge in [-0.1, -0.05) is 6.92 Å². The SMILES string of the molecule is CCc1nc2cc(C(=O)O)ccc2n1-c1ccc2[nH]c(=O)[nH]c2c1. The maximum atomic E-state index is 11.4. The van der Waals surface area contributed by atoms with Crippen molar-refractivity contribution in [3.63, 3.8) is 0 Å². The molecule has 0 aliphatic carbocycles. The van der Waals surface area contributed by atoms with Gasteiger partial charge in [-0.3, -0.25) is 4.57 Å². The number of carbonyl (C=O) groups is 1. The minimum Gasteiger partial charge on any atom is -0.478 e. The van der Waals surface area contributed by atoms with Gasteiger partial charge in [0, 0.05) is 12.1 Å². The van der Waals surface area contributed by atoms with Gasteiger partial charge in [-0.25, -0.2) is 14.6 Å². The van der Waals surface area contributed by atoms with Crippen molar-refractivity contribution in [2.24, 2.45) is 0 Å². The van der Waals surface area contributed by atoms with Crippen molar-refractivity contribution in [2.75, 3.05) is 0 Å². The first-order chi connectivity index (χ1) is 11.6. The molecule has 0 radical (unpaired) electrons. The fourth-order valence-electron chi connectivity index (χ4n) is 2.95. The van der Waals surface area contributed by atoms with E-state index in [0.717, 1.165) is 22.5 Å². The minimum atomic E-state index is -0.976. The van der Waals surface area contributed by atoms with E-state index in [-0.39, 0.29) is 11.3 Å². The van der Waals surface area contributed by atoms with Gasteiger partial charge in [0.1, 0.15) is 5.82 Å². The predicted octanol–water partition coefficient (Wildman–Crippen LogP) is 2.46. The molecule has 0 spiro atoms. The van der Waals surface area contributed by atoms with Gasteiger partial charge in [-0.05, 0) is 36.4 Å². The van der Waals surface area contributed by atoms with Gasteiger partial charge in [0.05, 0.1) is 27.6 Å². The molecule has 0 saturated carbocycles. The Labute approximate surface area is 135 Å². The Morgan fingerprint density at radius 2 is 1.96 bits per heavy atom. The fraction of sp³-hybridized carbons (Fsp3) is 0.118. The van der Waals surface area contributed by atoms with Gasteiger partial charge in [-0.2, -0.15) is 0 Å². The van der Waals surface area contributed by atoms with E-state index in [0.29, 0.717) is 17.5 Å². The maximum Gasteiger partial charge on any atom is 0.335 e. The number of imidazole rings is 2. The third-order valence-corrected chi connectivity index (χ3v) is 4.04. The van der Waals surface area contributed by atoms with Crippen LogP contribution in [0.1, 0.15) is 23.1 Å². The van der Waals surface area contributed by atoms with Crippen LogP contribution in [0.2, 0.25) is 0 Å². The van der Waals surface area contributed by atoms with E-state index in [1.807, 2.05) is 29.7 Å². The lowest BCUT2D eigenvalue weighted by atomic mass is 10.2. The predicted molar refractivity (Wildman–Crippen MR) is 89.9 cm³/mol. The number of nitrogens with one attached hydrogen (secondary N) is 2. The smallest absolute Gasteiger partial charge is 0.335 e. The topological polar surface area (TPSA) is 104 Å². The van der Waals surface area contributed by atoms with Gasteiger partial charge < -0.3 is 15.1 Å². The third-order valence-electron chi connectivity index (χ3n) is 4.04. The van der Waals surface area contributed by atoms with E-state index in [2.05, 4.69) is 15.0 Å². The van der Waals surface area contributed by atoms with Crippen LogP contribution < -0.4 is 5.69 Å². The lowest BCUT2D eigenvalue weighted by Crippen LogP contribution is -2.00. The van der Waals surface area contributed by atoms with Crippen LogP contribution in [0.5, 0.6) is 0 Å². The highest BCUT2D eigenvalue weighted by Gasteiger charge is 2.14. The van der Waals surface area contributed by atoms with Crippen LogP contribution in [0.15, 0.2) is 41.2 Å². The van der Waals surface area contributed by atoms with Gasteiger partial charge >= 0.3 is 11.7 Å². The molecule has 0 amide bonds. The van der Waals surface area contributed by atoms with Crippen LogP contribution in [0.25, 0.3) is 27.8 Å². The number of carboxylic acid groups (broad SMARTS) is 1. The fourth-order valence-corrected chi connectivity index (χ4v) is 2.95. The van der Waals surface area contributed by atoms with Crippen LogP contribution in [0.3, 0.4) is 0 Å². The molecule has 0 bridgehead atoms. The second kappa shape index (κ2) is 5.09. The molecule has 2 heterocycles. The van der Waals surface area contributed by atoms with Crippen molar-refractivity contribution in [3.8, 4) is 5.69 Å². The number of nitrogens with zero attached hydrogens (tertiary/aromatic N) is 2. The van der Waals surface area contributed by atoms with Crippen molar-refractivity contribution < 1.29 is 9.90 Å². The van der Waals surface area contributed by atoms with E-state index in [9.17, 15) is 9.59 Å². The Morgan fingerprint density at radius 1 is 1.17 bits per heavy atom. The van der Waals surface area contributed by atoms with Crippen LogP contribution in [0.4, 0.5) is 0 Å². The van der Waals surface area contributed by atoms with E-state index in [1.165, 1.54) is 0 Å². The van der Waals surface area contributed by atoms with E-state index in [4.69, 9.17) is 5.11 Å². The Kier molecular flexibility index (Phi) is 3.02. The number of hydrogen-bond acceptors (Lipinski definition) is 3. The molecule has 120 valence electrons. The number of aromatic amines is 2. The summed E-state index contributed by atoms with van der Waals surface area (Å²) in [7, 11) is 0. The molecular weight excluding hydrogens is 308 g/mol. The molecule has 3 N–H and O–H groups in total. The Bertz CT molecular complexity index is 1150. The molecule has 0 unspecified atom stereocenters. The van der Waals surface area contributed by atoms with Crippen molar-refractivity contribution in [2.45, 2.75) is 13.3 Å². The molecule has 24 heavy (non-hydrogen) atoms. The molecule has 7 heteroatoms. The van der Waals surface area contributed by atoms with Crippen molar-refractivity contribution in [3.05, 3.63) is 58.3 Å². The summed E-state index contributed by atoms with van der Waals surface area (Å²) in [4.78, 5) is 32.6. The second-order valence-corrected chi connectivity index (χ2v) is 5.53. The summed E-state index contributed by atoms with van der Waals surface area (Å²) in [5.74, 6) is -0.152. The molecule has 0 atom stereocenters. The van der Waals surface area contributed by atoms with E-state index >= 15 is 0 Å². The summed E-state index contributed by atoms with van der Waals surface area (Å²) >= 11 is 0. The number of aromatic nitrogens is 4. The molecular formula is C17H14N4O3. The first-order valence-corrected chi connectivity index (χ1v) is 7.54. The summed E-state index contributed by atoms with van der Waals surface area (Å²) in [6.45, 7) is 1.99. The largest absolute Gasteiger partial charge is 0.478 e. The van der Waals surface area contributed by atoms with Crippen LogP contribution in [-0.4, -0.2) is 30.6 Å². The summed E-state index contributed by atoms with van der Waals surface area (Å²) in [5.41, 5.74) is 3.73. The second-order valence-electron chi connectivity index (χ2n) is 5.53. The number of aryl methyl sites for hydroxylation is 1. The maximum absolute atomic E-state index is 11.4. The van der Waals surface area contributed by atoms with Crippen LogP contribution >= 0.6 is 0 Å². The van der Waals surface area contributed by atoms with E-state index in [1.54, 1.807) is 18.2 Å². The Balaban J connectivity index is 1.99. The molecule has 4 rings (SSSR count). The summed E-state index contributed by atoms with van der Waals surface area (Å²) in [5, 5.41) is 9.14. The number of fused-ring (bicyclic) bond motifs is 2. The minimum absolute atomic E-state index is 0.209. The quantitative estimate of drug-likeness (QED) is 0.539. The highest BCUT2D eigenvalue weighted by Crippen LogP contribution is 2.24. The highest BCUT2D eigenvalue weighted by molar-refractivity contribution is 5.93. The summed E-state index contributed by atoms with van der Waals surface area (Å²) < 4.78 is 1.98. The third kappa shape index (κ3) is 2.10. The molecule has 0 aliphatic rings. The normalized spacial score (nSPS) is 11.4. The lowest BCUT2D eigenvalue weighted by Gasteiger charge is -2.08. The Morgan fingerprint density at radius 3 is 2.71 bits per heavy atom. The molecule has 0 aliphatic heterocycles. The van der Waals surface area contributed by atoms with Gasteiger partial charge in [0.15, 0.2) is 0 Å². The molecule has 7 nitrogen and oxygen atoms in total. The molecule has 0 fully saturated rings. The average Bonchev–Trinajstić information content (AvgIpc) is 3.11. The van der Waals surface area contributed by atoms with Crippen molar-refractivity contribution in [1.29, 1.82) is 0 Å². The zero-order valence-corrected chi connectivity index (χ0v) is 12.8. The van der Waals surface area contributed by atoms with Crippen molar-refractivity contribution in [1.82, 2.24) is 19.5 Å². The van der Waals surface area contributed by atoms with Gasteiger partial charge in [-0.15, -0.1) is 0 Å². The standard InChI is InChI=1S/C17H14N4O3/c1-2-15-18-13-7-9(16(22)23)3-6-14(13)21(15)10-4-5-11-12(8-10)20-17(24)19-11/h3-8H,2H2,1H3,(H,22,23)(H2,19,20,24). The summed E-state index contributed by atoms with van der Waals surface area (Å²) in [6.07, 6.45) is 0.693. The number of rotatable bonds is 3. The number of hydrogen-bond donors (Lipinski definition) is 3. The van der Waals surface area contributed by atoms with Crippen LogP contribution in [-0.2, 0) is 6.42 Å². The summed E-state index contributed by atoms with van der Waals surface area (Å²) in [6, 6.07) is 10.5. The molecule has 2 aromatic heterocycles. The average molecular weight is 322 g/mol. The number of benzene rings is 2. The van der Waals surface area contributed by atoms with Crippen molar-refractivity contribution >= 4 is 28.0 Å². The lowest BCUT2D eigenvalue weighted by molar-refractivity contribution is 0.0697. The monoisotopic (exact) mass is 322 g/mol. The van der Waals surface area contributed by atoms with E-state index < -0.39 is 5.97 Å². The molecule has 4 aromatic rings. The zero-order valence-electron chi connectivity index (χ0n) is 12.8. The molecule has 0 saturated heterocycles. The van der Waals surface area contributed by atoms with Crippen LogP contribution in [0, 0.1) is 0 Å². The number of aromatic carboxylic acids is 1. The first kappa shape index (κ1) is 14.3. The first-order valence-electron chi connectivity index (χ1n) is 7.54. The number of carboxylic acids is 1.